The van der Waals surface area contributed by atoms with Crippen molar-refractivity contribution < 1.29 is 89.0 Å². The van der Waals surface area contributed by atoms with Crippen LogP contribution in [0, 0.1) is 0 Å². The Balaban J connectivity index is 0.00000280. The Labute approximate surface area is 180 Å². The average molecular weight is 417 g/mol. The molecule has 3 aliphatic rings. The van der Waals surface area contributed by atoms with E-state index in [0.29, 0.717) is 0 Å². The van der Waals surface area contributed by atoms with Gasteiger partial charge in [0.15, 0.2) is 5.90 Å². The molecule has 2 fully saturated rings. The van der Waals surface area contributed by atoms with Crippen molar-refractivity contribution in [2.75, 3.05) is 6.61 Å². The molecular weight excluding hydrogens is 397 g/mol. The van der Waals surface area contributed by atoms with E-state index in [-0.39, 0.29) is 35.5 Å². The van der Waals surface area contributed by atoms with Crippen LogP contribution in [-0.4, -0.2) is 105 Å². The first-order valence-corrected chi connectivity index (χ1v) is 8.12. The van der Waals surface area contributed by atoms with Gasteiger partial charge in [-0.1, -0.05) is 0 Å². The number of ether oxygens (including phenoxy) is 3. The average Bonchev–Trinajstić information content (AvgIpc) is 2.99. The van der Waals surface area contributed by atoms with Gasteiger partial charge in [-0.25, -0.2) is 14.8 Å². The molecule has 3 aliphatic heterocycles. The molecule has 0 aliphatic carbocycles. The zero-order valence-electron chi connectivity index (χ0n) is 15.0. The molecule has 0 aromatic carbocycles. The number of carbonyl (C=O) groups is 1. The van der Waals surface area contributed by atoms with Crippen LogP contribution in [0.2, 0.25) is 0 Å². The second-order valence-electron chi connectivity index (χ2n) is 6.35. The summed E-state index contributed by atoms with van der Waals surface area (Å²) in [5.41, 5.74) is 0. The molecule has 0 saturated carbocycles. The molecule has 10 atom stereocenters. The largest absolute Gasteiger partial charge is 1.00 e. The zero-order chi connectivity index (χ0) is 19.9. The first-order valence-electron chi connectivity index (χ1n) is 8.12. The summed E-state index contributed by atoms with van der Waals surface area (Å²) in [6.07, 6.45) is -14.2. The van der Waals surface area contributed by atoms with Crippen LogP contribution in [-0.2, 0) is 28.8 Å². The quantitative estimate of drug-likeness (QED) is 0.161. The predicted octanol–water partition coefficient (Wildman–Crippen LogP) is -8.24. The summed E-state index contributed by atoms with van der Waals surface area (Å²) in [6, 6.07) is -0.879. The molecule has 0 unspecified atom stereocenters. The second kappa shape index (κ2) is 9.59. The van der Waals surface area contributed by atoms with Crippen molar-refractivity contribution in [2.45, 2.75) is 68.3 Å². The fourth-order valence-corrected chi connectivity index (χ4v) is 3.05. The van der Waals surface area contributed by atoms with Gasteiger partial charge in [-0.05, 0) is 0 Å². The van der Waals surface area contributed by atoms with E-state index in [9.17, 15) is 35.4 Å². The molecule has 5 N–H and O–H groups in total. The van der Waals surface area contributed by atoms with Crippen molar-refractivity contribution in [1.29, 1.82) is 0 Å². The number of aliphatic hydroxyl groups is 5. The van der Waals surface area contributed by atoms with Gasteiger partial charge in [-0.3, -0.25) is 0 Å². The van der Waals surface area contributed by atoms with Gasteiger partial charge in [0.25, 0.3) is 0 Å². The Bertz CT molecular complexity index is 593. The number of fused-ring (bicyclic) bond motifs is 1. The number of aliphatic carboxylic acids is 1. The summed E-state index contributed by atoms with van der Waals surface area (Å²) in [7, 11) is 0. The summed E-state index contributed by atoms with van der Waals surface area (Å²) < 4.78 is 15.5. The van der Waals surface area contributed by atoms with Gasteiger partial charge in [-0.15, -0.1) is 0 Å². The Morgan fingerprint density at radius 2 is 1.79 bits per heavy atom. The summed E-state index contributed by atoms with van der Waals surface area (Å²) in [6.45, 7) is 0.975. The van der Waals surface area contributed by atoms with Gasteiger partial charge < -0.3 is 49.6 Å². The Morgan fingerprint density at radius 1 is 1.11 bits per heavy atom. The molecular formula is C14H20NNaO12. The predicted molar refractivity (Wildman–Crippen MR) is 77.4 cm³/mol. The standard InChI is InChI=1S/C14H21NO12.Na/c1-3-15-5-10(6(17)4(2-16)24-13(5)23-3)26-27-14-9(20)7(18)8(19)11(25-14)12(21)22;/h4-11,13-14,16-20H,2H2,1H3,(H,21,22);/q;+1/p-1/t4-,5-,6-,7+,8+,9-,10-,11+,13+,14+;/m1./s1. The van der Waals surface area contributed by atoms with Gasteiger partial charge in [0.05, 0.1) is 12.6 Å². The smallest absolute Gasteiger partial charge is 0.547 e. The normalized spacial score (nSPS) is 45.4. The van der Waals surface area contributed by atoms with Crippen LogP contribution in [0.5, 0.6) is 0 Å². The number of nitrogens with zero attached hydrogens (tertiary/aromatic N) is 1. The van der Waals surface area contributed by atoms with E-state index in [0.717, 1.165) is 0 Å². The van der Waals surface area contributed by atoms with Crippen molar-refractivity contribution in [3.63, 3.8) is 0 Å². The van der Waals surface area contributed by atoms with Crippen molar-refractivity contribution >= 4 is 11.9 Å². The fourth-order valence-electron chi connectivity index (χ4n) is 3.05. The number of carbonyl (C=O) groups excluding carboxylic acids is 1. The van der Waals surface area contributed by atoms with Crippen molar-refractivity contribution in [3.05, 3.63) is 0 Å². The first kappa shape index (κ1) is 23.9. The number of aliphatic hydroxyl groups excluding tert-OH is 5. The van der Waals surface area contributed by atoms with Gasteiger partial charge in [0.2, 0.25) is 12.6 Å². The molecule has 13 nitrogen and oxygen atoms in total. The van der Waals surface area contributed by atoms with E-state index < -0.39 is 73.9 Å². The molecule has 0 amide bonds. The number of rotatable bonds is 5. The molecule has 28 heavy (non-hydrogen) atoms. The first-order chi connectivity index (χ1) is 12.7. The second-order valence-corrected chi connectivity index (χ2v) is 6.35. The molecule has 14 heteroatoms. The minimum absolute atomic E-state index is 0. The maximum Gasteiger partial charge on any atom is 1.00 e. The van der Waals surface area contributed by atoms with Crippen molar-refractivity contribution in [1.82, 2.24) is 0 Å². The molecule has 154 valence electrons. The van der Waals surface area contributed by atoms with Gasteiger partial charge in [0, 0.05) is 6.92 Å². The number of hydrogen-bond donors (Lipinski definition) is 5. The van der Waals surface area contributed by atoms with Crippen molar-refractivity contribution in [3.8, 4) is 0 Å². The van der Waals surface area contributed by atoms with E-state index in [2.05, 4.69) is 4.99 Å². The van der Waals surface area contributed by atoms with Crippen LogP contribution in [0.15, 0.2) is 4.99 Å². The third-order valence-electron chi connectivity index (χ3n) is 4.50. The maximum atomic E-state index is 11.0. The van der Waals surface area contributed by atoms with Crippen molar-refractivity contribution in [2.24, 2.45) is 4.99 Å². The van der Waals surface area contributed by atoms with E-state index in [1.807, 2.05) is 0 Å². The maximum absolute atomic E-state index is 11.0. The third-order valence-corrected chi connectivity index (χ3v) is 4.50. The summed E-state index contributed by atoms with van der Waals surface area (Å²) in [4.78, 5) is 25.1. The molecule has 0 radical (unpaired) electrons. The Morgan fingerprint density at radius 3 is 2.39 bits per heavy atom. The number of hydrogen-bond acceptors (Lipinski definition) is 13. The topological polar surface area (TPSA) is 200 Å². The monoisotopic (exact) mass is 417 g/mol. The fraction of sp³-hybridized carbons (Fsp3) is 0.857. The number of carboxylic acids is 1. The van der Waals surface area contributed by atoms with Gasteiger partial charge >= 0.3 is 29.6 Å². The summed E-state index contributed by atoms with van der Waals surface area (Å²) in [5, 5.41) is 59.8. The van der Waals surface area contributed by atoms with Gasteiger partial charge in [0.1, 0.15) is 48.8 Å². The Kier molecular flexibility index (Phi) is 8.17. The number of aliphatic imine (C=N–C) groups is 1. The Hall–Kier alpha value is -0.420. The molecule has 3 rings (SSSR count). The van der Waals surface area contributed by atoms with Gasteiger partial charge in [-0.2, -0.15) is 0 Å². The molecule has 0 aromatic rings. The molecule has 0 aromatic heterocycles. The van der Waals surface area contributed by atoms with E-state index in [4.69, 9.17) is 24.0 Å². The zero-order valence-corrected chi connectivity index (χ0v) is 17.0. The van der Waals surface area contributed by atoms with E-state index >= 15 is 0 Å². The van der Waals surface area contributed by atoms with E-state index in [1.165, 1.54) is 6.92 Å². The molecule has 0 bridgehead atoms. The van der Waals surface area contributed by atoms with Crippen LogP contribution in [0.4, 0.5) is 0 Å². The third kappa shape index (κ3) is 4.50. The SMILES string of the molecule is CC1=N[C@H]2[C@@H](O1)O[C@H](CO)[C@@H](O)[C@@H]2OO[C@@H]1O[C@H](C(=O)[O-])[C@@H](O)[C@H](O)[C@H]1O.[Na+]. The number of carboxylic acid groups (broad SMARTS) is 1. The minimum atomic E-state index is -1.98. The van der Waals surface area contributed by atoms with Crippen LogP contribution in [0.1, 0.15) is 6.92 Å². The van der Waals surface area contributed by atoms with Crippen LogP contribution >= 0.6 is 0 Å². The minimum Gasteiger partial charge on any atom is -0.547 e. The summed E-state index contributed by atoms with van der Waals surface area (Å²) >= 11 is 0. The van der Waals surface area contributed by atoms with Crippen LogP contribution < -0.4 is 34.7 Å². The summed E-state index contributed by atoms with van der Waals surface area (Å²) in [5.74, 6) is -1.59. The van der Waals surface area contributed by atoms with E-state index in [1.54, 1.807) is 0 Å². The van der Waals surface area contributed by atoms with Crippen LogP contribution in [0.25, 0.3) is 0 Å². The molecule has 3 heterocycles. The molecule has 0 spiro atoms. The van der Waals surface area contributed by atoms with Crippen LogP contribution in [0.3, 0.4) is 0 Å². The molecule has 2 saturated heterocycles.